The van der Waals surface area contributed by atoms with Gasteiger partial charge in [-0.05, 0) is 37.8 Å². The first kappa shape index (κ1) is 23.1. The number of hydrogen-bond acceptors (Lipinski definition) is 5. The third-order valence-corrected chi connectivity index (χ3v) is 6.28. The standard InChI is InChI=1S/C21H21F6N5O/c22-13-4-3-12(10-14(13)23)32-17(33)2-1-5-20(32)6-8-31(9-7-20)16-11-15(29-19(28)30-16)21(26,27)18(24)25/h3-4,10-11,18H,1-2,5-9H2,(H2,28,29,30). The van der Waals surface area contributed by atoms with Crippen LogP contribution in [-0.2, 0) is 10.7 Å². The maximum atomic E-state index is 13.9. The van der Waals surface area contributed by atoms with Crippen LogP contribution in [0.15, 0.2) is 24.3 Å². The largest absolute Gasteiger partial charge is 0.368 e. The molecule has 2 aliphatic heterocycles. The van der Waals surface area contributed by atoms with Crippen molar-refractivity contribution in [2.24, 2.45) is 0 Å². The van der Waals surface area contributed by atoms with Gasteiger partial charge < -0.3 is 15.5 Å². The maximum absolute atomic E-state index is 13.9. The summed E-state index contributed by atoms with van der Waals surface area (Å²) in [5, 5.41) is 0. The first-order valence-electron chi connectivity index (χ1n) is 10.4. The molecule has 178 valence electrons. The van der Waals surface area contributed by atoms with E-state index in [1.165, 1.54) is 11.0 Å². The number of carbonyl (C=O) groups excluding carboxylic acids is 1. The molecule has 1 amide bonds. The monoisotopic (exact) mass is 473 g/mol. The minimum absolute atomic E-state index is 0.0193. The van der Waals surface area contributed by atoms with Gasteiger partial charge in [0.2, 0.25) is 11.9 Å². The topological polar surface area (TPSA) is 75.3 Å². The second kappa shape index (κ2) is 8.38. The van der Waals surface area contributed by atoms with Gasteiger partial charge in [-0.15, -0.1) is 0 Å². The fourth-order valence-corrected chi connectivity index (χ4v) is 4.62. The number of aromatic nitrogens is 2. The van der Waals surface area contributed by atoms with Gasteiger partial charge in [0.05, 0.1) is 5.54 Å². The van der Waals surface area contributed by atoms with Crippen LogP contribution in [0.25, 0.3) is 0 Å². The second-order valence-corrected chi connectivity index (χ2v) is 8.29. The SMILES string of the molecule is Nc1nc(N2CCC3(CCCC(=O)N3c3ccc(F)c(F)c3)CC2)cc(C(F)(F)C(F)F)n1. The Hall–Kier alpha value is -3.05. The fraction of sp³-hybridized carbons (Fsp3) is 0.476. The van der Waals surface area contributed by atoms with Crippen molar-refractivity contribution in [3.8, 4) is 0 Å². The van der Waals surface area contributed by atoms with Crippen LogP contribution in [-0.4, -0.2) is 40.9 Å². The van der Waals surface area contributed by atoms with E-state index in [0.717, 1.165) is 18.2 Å². The van der Waals surface area contributed by atoms with E-state index in [-0.39, 0.29) is 36.9 Å². The van der Waals surface area contributed by atoms with Crippen LogP contribution in [0.4, 0.5) is 43.8 Å². The van der Waals surface area contributed by atoms with Crippen LogP contribution in [0.1, 0.15) is 37.8 Å². The molecule has 2 N–H and O–H groups in total. The van der Waals surface area contributed by atoms with Gasteiger partial charge in [-0.25, -0.2) is 22.5 Å². The molecule has 0 radical (unpaired) electrons. The average Bonchev–Trinajstić information content (AvgIpc) is 2.76. The lowest BCUT2D eigenvalue weighted by atomic mass is 9.78. The summed E-state index contributed by atoms with van der Waals surface area (Å²) < 4.78 is 80.5. The lowest BCUT2D eigenvalue weighted by Gasteiger charge is -2.51. The summed E-state index contributed by atoms with van der Waals surface area (Å²) in [5.41, 5.74) is 3.90. The molecule has 0 atom stereocenters. The number of halogens is 6. The third-order valence-electron chi connectivity index (χ3n) is 6.28. The zero-order chi connectivity index (χ0) is 24.0. The quantitative estimate of drug-likeness (QED) is 0.672. The molecule has 0 saturated carbocycles. The minimum Gasteiger partial charge on any atom is -0.368 e. The summed E-state index contributed by atoms with van der Waals surface area (Å²) in [6.45, 7) is 0.507. The number of nitrogen functional groups attached to an aromatic ring is 1. The zero-order valence-electron chi connectivity index (χ0n) is 17.4. The second-order valence-electron chi connectivity index (χ2n) is 8.29. The number of alkyl halides is 4. The van der Waals surface area contributed by atoms with Crippen LogP contribution in [0.5, 0.6) is 0 Å². The Kier molecular flexibility index (Phi) is 5.87. The Balaban J connectivity index is 1.60. The van der Waals surface area contributed by atoms with E-state index in [1.54, 1.807) is 4.90 Å². The highest BCUT2D eigenvalue weighted by Crippen LogP contribution is 2.42. The molecule has 2 saturated heterocycles. The Labute approximate surface area is 185 Å². The van der Waals surface area contributed by atoms with Crippen LogP contribution < -0.4 is 15.5 Å². The molecule has 33 heavy (non-hydrogen) atoms. The molecule has 0 bridgehead atoms. The van der Waals surface area contributed by atoms with Crippen molar-refractivity contribution in [3.63, 3.8) is 0 Å². The van der Waals surface area contributed by atoms with Crippen molar-refractivity contribution in [2.45, 2.75) is 50.0 Å². The lowest BCUT2D eigenvalue weighted by Crippen LogP contribution is -2.60. The highest BCUT2D eigenvalue weighted by Gasteiger charge is 2.47. The van der Waals surface area contributed by atoms with E-state index in [2.05, 4.69) is 9.97 Å². The van der Waals surface area contributed by atoms with E-state index in [9.17, 15) is 31.1 Å². The van der Waals surface area contributed by atoms with Gasteiger partial charge in [0, 0.05) is 37.3 Å². The molecular weight excluding hydrogens is 452 g/mol. The molecule has 2 aromatic rings. The number of benzene rings is 1. The Morgan fingerprint density at radius 2 is 1.73 bits per heavy atom. The molecule has 0 aliphatic carbocycles. The Morgan fingerprint density at radius 3 is 2.36 bits per heavy atom. The van der Waals surface area contributed by atoms with E-state index in [0.29, 0.717) is 25.7 Å². The van der Waals surface area contributed by atoms with Crippen LogP contribution in [0.2, 0.25) is 0 Å². The summed E-state index contributed by atoms with van der Waals surface area (Å²) in [6, 6.07) is 4.08. The number of nitrogens with zero attached hydrogens (tertiary/aromatic N) is 4. The van der Waals surface area contributed by atoms with E-state index in [4.69, 9.17) is 5.73 Å². The zero-order valence-corrected chi connectivity index (χ0v) is 17.4. The maximum Gasteiger partial charge on any atom is 0.349 e. The molecule has 4 rings (SSSR count). The van der Waals surface area contributed by atoms with Gasteiger partial charge in [-0.2, -0.15) is 13.8 Å². The van der Waals surface area contributed by atoms with Gasteiger partial charge in [0.15, 0.2) is 11.6 Å². The van der Waals surface area contributed by atoms with Crippen molar-refractivity contribution < 1.29 is 31.1 Å². The Morgan fingerprint density at radius 1 is 1.03 bits per heavy atom. The minimum atomic E-state index is -4.48. The third kappa shape index (κ3) is 4.18. The highest BCUT2D eigenvalue weighted by molar-refractivity contribution is 5.95. The molecule has 1 spiro atoms. The molecule has 0 unspecified atom stereocenters. The van der Waals surface area contributed by atoms with Gasteiger partial charge in [0.25, 0.3) is 0 Å². The molecule has 1 aromatic heterocycles. The predicted molar refractivity (Wildman–Crippen MR) is 108 cm³/mol. The molecule has 3 heterocycles. The molecule has 2 fully saturated rings. The van der Waals surface area contributed by atoms with Gasteiger partial charge >= 0.3 is 12.3 Å². The van der Waals surface area contributed by atoms with Crippen molar-refractivity contribution in [2.75, 3.05) is 28.6 Å². The molecule has 6 nitrogen and oxygen atoms in total. The number of nitrogens with two attached hydrogens (primary N) is 1. The molecule has 12 heteroatoms. The van der Waals surface area contributed by atoms with Crippen LogP contribution >= 0.6 is 0 Å². The van der Waals surface area contributed by atoms with E-state index < -0.39 is 41.2 Å². The van der Waals surface area contributed by atoms with Gasteiger partial charge in [0.1, 0.15) is 11.5 Å². The van der Waals surface area contributed by atoms with Crippen molar-refractivity contribution >= 4 is 23.4 Å². The molecule has 1 aromatic carbocycles. The van der Waals surface area contributed by atoms with Gasteiger partial charge in [-0.3, -0.25) is 4.79 Å². The van der Waals surface area contributed by atoms with Crippen LogP contribution in [0, 0.1) is 11.6 Å². The molecular formula is C21H21F6N5O. The Bertz CT molecular complexity index is 1060. The fourth-order valence-electron chi connectivity index (χ4n) is 4.62. The van der Waals surface area contributed by atoms with Crippen molar-refractivity contribution in [3.05, 3.63) is 41.6 Å². The summed E-state index contributed by atoms with van der Waals surface area (Å²) in [5.74, 6) is -7.37. The van der Waals surface area contributed by atoms with Crippen LogP contribution in [0.3, 0.4) is 0 Å². The highest BCUT2D eigenvalue weighted by atomic mass is 19.3. The molecule has 2 aliphatic rings. The number of rotatable bonds is 4. The number of anilines is 3. The van der Waals surface area contributed by atoms with E-state index in [1.807, 2.05) is 0 Å². The summed E-state index contributed by atoms with van der Waals surface area (Å²) >= 11 is 0. The first-order chi connectivity index (χ1) is 15.5. The normalized spacial score (nSPS) is 18.9. The van der Waals surface area contributed by atoms with Crippen molar-refractivity contribution in [1.29, 1.82) is 0 Å². The van der Waals surface area contributed by atoms with Crippen molar-refractivity contribution in [1.82, 2.24) is 9.97 Å². The predicted octanol–water partition coefficient (Wildman–Crippen LogP) is 4.25. The average molecular weight is 473 g/mol. The van der Waals surface area contributed by atoms with Gasteiger partial charge in [-0.1, -0.05) is 0 Å². The summed E-state index contributed by atoms with van der Waals surface area (Å²) in [6.07, 6.45) is -1.71. The number of carbonyl (C=O) groups is 1. The smallest absolute Gasteiger partial charge is 0.349 e. The lowest BCUT2D eigenvalue weighted by molar-refractivity contribution is -0.137. The first-order valence-corrected chi connectivity index (χ1v) is 10.4. The van der Waals surface area contributed by atoms with E-state index >= 15 is 0 Å². The summed E-state index contributed by atoms with van der Waals surface area (Å²) in [7, 11) is 0. The number of amides is 1. The number of piperidine rings is 2. The number of hydrogen-bond donors (Lipinski definition) is 1. The summed E-state index contributed by atoms with van der Waals surface area (Å²) in [4.78, 5) is 23.1.